The maximum absolute atomic E-state index is 12.2. The minimum Gasteiger partial charge on any atom is -0.462 e. The van der Waals surface area contributed by atoms with Gasteiger partial charge in [-0.15, -0.1) is 11.3 Å². The van der Waals surface area contributed by atoms with Gasteiger partial charge in [0, 0.05) is 17.3 Å². The summed E-state index contributed by atoms with van der Waals surface area (Å²) in [5.74, 6) is -0.551. The van der Waals surface area contributed by atoms with Gasteiger partial charge in [0.2, 0.25) is 5.91 Å². The quantitative estimate of drug-likeness (QED) is 0.791. The third kappa shape index (κ3) is 3.44. The van der Waals surface area contributed by atoms with Crippen molar-refractivity contribution in [1.82, 2.24) is 5.32 Å². The summed E-state index contributed by atoms with van der Waals surface area (Å²) in [5, 5.41) is 6.53. The zero-order chi connectivity index (χ0) is 15.4. The summed E-state index contributed by atoms with van der Waals surface area (Å²) in [6.45, 7) is 4.59. The van der Waals surface area contributed by atoms with Crippen molar-refractivity contribution in [2.24, 2.45) is 5.92 Å². The smallest absolute Gasteiger partial charge is 0.341 e. The minimum absolute atomic E-state index is 0.0742. The van der Waals surface area contributed by atoms with Crippen LogP contribution in [0.15, 0.2) is 0 Å². The van der Waals surface area contributed by atoms with Gasteiger partial charge >= 0.3 is 5.97 Å². The molecule has 1 aromatic rings. The van der Waals surface area contributed by atoms with Crippen LogP contribution in [0.3, 0.4) is 0 Å². The fourth-order valence-corrected chi connectivity index (χ4v) is 3.83. The molecule has 0 radical (unpaired) electrons. The number of carbonyl (C=O) groups is 2. The molecule has 1 amide bonds. The molecule has 0 aromatic carbocycles. The Morgan fingerprint density at radius 3 is 2.81 bits per heavy atom. The Labute approximate surface area is 129 Å². The van der Waals surface area contributed by atoms with Gasteiger partial charge in [-0.1, -0.05) is 6.92 Å². The normalized spacial score (nSPS) is 14.6. The number of ether oxygens (including phenoxy) is 1. The van der Waals surface area contributed by atoms with E-state index < -0.39 is 0 Å². The van der Waals surface area contributed by atoms with E-state index in [9.17, 15) is 9.59 Å². The van der Waals surface area contributed by atoms with Crippen molar-refractivity contribution >= 4 is 28.2 Å². The third-order valence-electron chi connectivity index (χ3n) is 3.60. The Morgan fingerprint density at radius 1 is 1.38 bits per heavy atom. The molecule has 116 valence electrons. The third-order valence-corrected chi connectivity index (χ3v) is 4.80. The molecule has 1 atom stereocenters. The Balaban J connectivity index is 2.23. The highest BCUT2D eigenvalue weighted by Crippen LogP contribution is 2.39. The second kappa shape index (κ2) is 7.04. The van der Waals surface area contributed by atoms with E-state index in [0.29, 0.717) is 23.7 Å². The number of carbonyl (C=O) groups excluding carboxylic acids is 2. The van der Waals surface area contributed by atoms with Gasteiger partial charge in [-0.25, -0.2) is 4.79 Å². The number of amides is 1. The van der Waals surface area contributed by atoms with Crippen LogP contribution < -0.4 is 10.6 Å². The molecule has 6 heteroatoms. The molecule has 0 fully saturated rings. The van der Waals surface area contributed by atoms with Crippen molar-refractivity contribution in [3.63, 3.8) is 0 Å². The SMILES string of the molecule is CCOC(=O)c1c(NC(=O)C(C)CNC)sc2c1CCC2. The molecular formula is C15H22N2O3S. The molecule has 1 aromatic heterocycles. The second-order valence-corrected chi connectivity index (χ2v) is 6.34. The number of aryl methyl sites for hydroxylation is 1. The summed E-state index contributed by atoms with van der Waals surface area (Å²) in [6.07, 6.45) is 2.94. The lowest BCUT2D eigenvalue weighted by atomic mass is 10.1. The Bertz CT molecular complexity index is 539. The number of fused-ring (bicyclic) bond motifs is 1. The van der Waals surface area contributed by atoms with E-state index in [0.717, 1.165) is 24.8 Å². The number of anilines is 1. The fourth-order valence-electron chi connectivity index (χ4n) is 2.55. The van der Waals surface area contributed by atoms with Crippen LogP contribution in [0.2, 0.25) is 0 Å². The van der Waals surface area contributed by atoms with Crippen molar-refractivity contribution in [3.8, 4) is 0 Å². The molecule has 0 saturated carbocycles. The summed E-state index contributed by atoms with van der Waals surface area (Å²) in [4.78, 5) is 25.6. The molecule has 1 unspecified atom stereocenters. The van der Waals surface area contributed by atoms with Crippen molar-refractivity contribution in [1.29, 1.82) is 0 Å². The lowest BCUT2D eigenvalue weighted by Crippen LogP contribution is -2.29. The van der Waals surface area contributed by atoms with Crippen LogP contribution in [0, 0.1) is 5.92 Å². The van der Waals surface area contributed by atoms with Crippen molar-refractivity contribution in [2.75, 3.05) is 25.5 Å². The standard InChI is InChI=1S/C15H22N2O3S/c1-4-20-15(19)12-10-6-5-7-11(10)21-14(12)17-13(18)9(2)8-16-3/h9,16H,4-8H2,1-3H3,(H,17,18). The van der Waals surface area contributed by atoms with Crippen LogP contribution in [-0.4, -0.2) is 32.1 Å². The Hall–Kier alpha value is -1.40. The number of hydrogen-bond acceptors (Lipinski definition) is 5. The summed E-state index contributed by atoms with van der Waals surface area (Å²) in [5.41, 5.74) is 1.63. The molecule has 1 aliphatic carbocycles. The van der Waals surface area contributed by atoms with Gasteiger partial charge in [0.05, 0.1) is 12.2 Å². The van der Waals surface area contributed by atoms with E-state index in [4.69, 9.17) is 4.74 Å². The second-order valence-electron chi connectivity index (χ2n) is 5.23. The van der Waals surface area contributed by atoms with Crippen LogP contribution in [0.25, 0.3) is 0 Å². The van der Waals surface area contributed by atoms with Gasteiger partial charge in [-0.3, -0.25) is 4.79 Å². The first-order valence-corrected chi connectivity index (χ1v) is 8.17. The van der Waals surface area contributed by atoms with E-state index in [-0.39, 0.29) is 17.8 Å². The van der Waals surface area contributed by atoms with Crippen LogP contribution in [0.1, 0.15) is 41.1 Å². The van der Waals surface area contributed by atoms with Crippen LogP contribution >= 0.6 is 11.3 Å². The summed E-state index contributed by atoms with van der Waals surface area (Å²) in [6, 6.07) is 0. The molecule has 0 saturated heterocycles. The highest BCUT2D eigenvalue weighted by molar-refractivity contribution is 7.17. The molecular weight excluding hydrogens is 288 g/mol. The largest absolute Gasteiger partial charge is 0.462 e. The molecule has 0 spiro atoms. The van der Waals surface area contributed by atoms with E-state index in [1.165, 1.54) is 16.2 Å². The van der Waals surface area contributed by atoms with Gasteiger partial charge < -0.3 is 15.4 Å². The fraction of sp³-hybridized carbons (Fsp3) is 0.600. The van der Waals surface area contributed by atoms with Crippen molar-refractivity contribution < 1.29 is 14.3 Å². The zero-order valence-corrected chi connectivity index (χ0v) is 13.6. The minimum atomic E-state index is -0.325. The van der Waals surface area contributed by atoms with Gasteiger partial charge in [-0.2, -0.15) is 0 Å². The predicted molar refractivity (Wildman–Crippen MR) is 84.0 cm³/mol. The molecule has 2 rings (SSSR count). The first-order chi connectivity index (χ1) is 10.1. The number of hydrogen-bond donors (Lipinski definition) is 2. The van der Waals surface area contributed by atoms with E-state index >= 15 is 0 Å². The maximum Gasteiger partial charge on any atom is 0.341 e. The monoisotopic (exact) mass is 310 g/mol. The topological polar surface area (TPSA) is 67.4 Å². The van der Waals surface area contributed by atoms with Gasteiger partial charge in [-0.05, 0) is 38.8 Å². The maximum atomic E-state index is 12.2. The number of esters is 1. The first-order valence-electron chi connectivity index (χ1n) is 7.35. The molecule has 0 aliphatic heterocycles. The van der Waals surface area contributed by atoms with Crippen molar-refractivity contribution in [2.45, 2.75) is 33.1 Å². The highest BCUT2D eigenvalue weighted by atomic mass is 32.1. The van der Waals surface area contributed by atoms with E-state index in [1.807, 2.05) is 14.0 Å². The highest BCUT2D eigenvalue weighted by Gasteiger charge is 2.28. The number of rotatable bonds is 6. The average molecular weight is 310 g/mol. The molecule has 1 heterocycles. The lowest BCUT2D eigenvalue weighted by Gasteiger charge is -2.12. The van der Waals surface area contributed by atoms with Crippen LogP contribution in [0.5, 0.6) is 0 Å². The van der Waals surface area contributed by atoms with Crippen molar-refractivity contribution in [3.05, 3.63) is 16.0 Å². The summed E-state index contributed by atoms with van der Waals surface area (Å²) < 4.78 is 5.15. The van der Waals surface area contributed by atoms with Crippen LogP contribution in [0.4, 0.5) is 5.00 Å². The lowest BCUT2D eigenvalue weighted by molar-refractivity contribution is -0.119. The number of thiophene rings is 1. The first kappa shape index (κ1) is 16.0. The number of nitrogens with one attached hydrogen (secondary N) is 2. The Morgan fingerprint density at radius 2 is 2.14 bits per heavy atom. The summed E-state index contributed by atoms with van der Waals surface area (Å²) in [7, 11) is 1.81. The van der Waals surface area contributed by atoms with E-state index in [1.54, 1.807) is 6.92 Å². The average Bonchev–Trinajstić information content (AvgIpc) is 2.99. The molecule has 0 bridgehead atoms. The van der Waals surface area contributed by atoms with Crippen LogP contribution in [-0.2, 0) is 22.4 Å². The Kier molecular flexibility index (Phi) is 5.36. The van der Waals surface area contributed by atoms with E-state index in [2.05, 4.69) is 10.6 Å². The molecule has 2 N–H and O–H groups in total. The van der Waals surface area contributed by atoms with Gasteiger partial charge in [0.15, 0.2) is 0 Å². The molecule has 21 heavy (non-hydrogen) atoms. The van der Waals surface area contributed by atoms with Gasteiger partial charge in [0.25, 0.3) is 0 Å². The molecule has 5 nitrogen and oxygen atoms in total. The predicted octanol–water partition coefficient (Wildman–Crippen LogP) is 2.21. The van der Waals surface area contributed by atoms with Gasteiger partial charge in [0.1, 0.15) is 5.00 Å². The molecule has 1 aliphatic rings. The summed E-state index contributed by atoms with van der Waals surface area (Å²) >= 11 is 1.51. The zero-order valence-electron chi connectivity index (χ0n) is 12.7.